The second-order valence-corrected chi connectivity index (χ2v) is 13.1. The van der Waals surface area contributed by atoms with Gasteiger partial charge in [-0.25, -0.2) is 4.79 Å². The zero-order valence-corrected chi connectivity index (χ0v) is 25.0. The molecule has 1 aromatic carbocycles. The number of likely N-dealkylation sites (tertiary alicyclic amines) is 1. The summed E-state index contributed by atoms with van der Waals surface area (Å²) in [6.07, 6.45) is 5.20. The maximum Gasteiger partial charge on any atom is 0.410 e. The molecule has 2 atom stereocenters. The number of rotatable bonds is 6. The summed E-state index contributed by atoms with van der Waals surface area (Å²) in [6, 6.07) is 3.96. The molecule has 3 amide bonds. The fourth-order valence-electron chi connectivity index (χ4n) is 6.14. The summed E-state index contributed by atoms with van der Waals surface area (Å²) < 4.78 is 5.47. The zero-order chi connectivity index (χ0) is 28.3. The predicted octanol–water partition coefficient (Wildman–Crippen LogP) is 5.46. The van der Waals surface area contributed by atoms with Crippen LogP contribution in [0.15, 0.2) is 12.1 Å². The lowest BCUT2D eigenvalue weighted by atomic mass is 10.0. The largest absolute Gasteiger partial charge is 0.444 e. The number of amides is 3. The molecule has 39 heavy (non-hydrogen) atoms. The lowest BCUT2D eigenvalue weighted by Gasteiger charge is -2.41. The van der Waals surface area contributed by atoms with Crippen molar-refractivity contribution < 1.29 is 19.1 Å². The van der Waals surface area contributed by atoms with Gasteiger partial charge in [0.15, 0.2) is 0 Å². The molecule has 1 aromatic rings. The number of carbonyl (C=O) groups is 3. The Labute approximate surface area is 238 Å². The molecule has 8 nitrogen and oxygen atoms in total. The van der Waals surface area contributed by atoms with Gasteiger partial charge >= 0.3 is 6.09 Å². The number of ether oxygens (including phenoxy) is 1. The van der Waals surface area contributed by atoms with Crippen LogP contribution in [0.1, 0.15) is 77.3 Å². The van der Waals surface area contributed by atoms with Crippen molar-refractivity contribution in [1.82, 2.24) is 14.7 Å². The van der Waals surface area contributed by atoms with E-state index in [0.717, 1.165) is 62.3 Å². The fourth-order valence-corrected chi connectivity index (χ4v) is 6.38. The summed E-state index contributed by atoms with van der Waals surface area (Å²) in [5, 5.41) is 3.66. The summed E-state index contributed by atoms with van der Waals surface area (Å²) in [7, 11) is 0. The van der Waals surface area contributed by atoms with Crippen LogP contribution < -0.4 is 5.32 Å². The molecule has 1 saturated carbocycles. The van der Waals surface area contributed by atoms with E-state index in [2.05, 4.69) is 22.0 Å². The minimum atomic E-state index is -0.535. The van der Waals surface area contributed by atoms with Gasteiger partial charge in [0, 0.05) is 68.4 Å². The highest BCUT2D eigenvalue weighted by Gasteiger charge is 2.34. The molecular weight excluding hydrogens is 516 g/mol. The van der Waals surface area contributed by atoms with Crippen molar-refractivity contribution in [3.8, 4) is 0 Å². The van der Waals surface area contributed by atoms with E-state index in [1.807, 2.05) is 33.8 Å². The Balaban J connectivity index is 1.31. The third-order valence-electron chi connectivity index (χ3n) is 8.26. The number of nitrogens with zero attached hydrogens (tertiary/aromatic N) is 3. The zero-order valence-electron chi connectivity index (χ0n) is 24.2. The van der Waals surface area contributed by atoms with E-state index >= 15 is 0 Å². The Morgan fingerprint density at radius 3 is 2.44 bits per heavy atom. The number of hydrogen-bond donors (Lipinski definition) is 1. The molecule has 0 spiro atoms. The number of piperazine rings is 1. The quantitative estimate of drug-likeness (QED) is 0.500. The Morgan fingerprint density at radius 1 is 1.05 bits per heavy atom. The van der Waals surface area contributed by atoms with Crippen molar-refractivity contribution in [2.24, 2.45) is 11.8 Å². The van der Waals surface area contributed by atoms with Crippen LogP contribution >= 0.6 is 11.6 Å². The first-order valence-electron chi connectivity index (χ1n) is 14.5. The molecule has 1 aliphatic carbocycles. The molecule has 1 N–H and O–H groups in total. The molecule has 4 rings (SSSR count). The van der Waals surface area contributed by atoms with Crippen LogP contribution in [0.2, 0.25) is 5.02 Å². The van der Waals surface area contributed by atoms with Crippen molar-refractivity contribution in [1.29, 1.82) is 0 Å². The van der Waals surface area contributed by atoms with Crippen molar-refractivity contribution >= 4 is 35.2 Å². The Morgan fingerprint density at radius 2 is 1.77 bits per heavy atom. The molecule has 3 aliphatic rings. The molecule has 216 valence electrons. The first-order chi connectivity index (χ1) is 18.4. The number of anilines is 1. The van der Waals surface area contributed by atoms with Gasteiger partial charge in [0.2, 0.25) is 11.8 Å². The Kier molecular flexibility index (Phi) is 9.48. The first kappa shape index (κ1) is 29.7. The second-order valence-electron chi connectivity index (χ2n) is 12.7. The minimum Gasteiger partial charge on any atom is -0.444 e. The van der Waals surface area contributed by atoms with Crippen LogP contribution in [0.5, 0.6) is 0 Å². The molecular formula is C30H45ClN4O4. The van der Waals surface area contributed by atoms with Crippen LogP contribution in [0.4, 0.5) is 10.5 Å². The highest BCUT2D eigenvalue weighted by molar-refractivity contribution is 6.31. The number of carbonyl (C=O) groups excluding carboxylic acids is 3. The summed E-state index contributed by atoms with van der Waals surface area (Å²) in [5.41, 5.74) is 2.28. The standard InChI is InChI=1S/C30H45ClN4O4/c1-20-17-33(12-13-35(20)28(37)23-8-6-7-9-23)19-24-15-25(31)16-26(21(24)2)32-27(36)14-22-10-11-34(18-22)29(38)39-30(3,4)5/h15-16,20,22-23H,6-14,17-19H2,1-5H3,(H,32,36)/t20-,22?/m0/s1. The summed E-state index contributed by atoms with van der Waals surface area (Å²) >= 11 is 6.49. The number of nitrogens with one attached hydrogen (secondary N) is 1. The van der Waals surface area contributed by atoms with Gasteiger partial charge in [-0.05, 0) is 83.1 Å². The average molecular weight is 561 g/mol. The number of halogens is 1. The Bertz CT molecular complexity index is 1070. The van der Waals surface area contributed by atoms with Gasteiger partial charge < -0.3 is 19.9 Å². The van der Waals surface area contributed by atoms with E-state index in [-0.39, 0.29) is 29.9 Å². The summed E-state index contributed by atoms with van der Waals surface area (Å²) in [4.78, 5) is 44.4. The van der Waals surface area contributed by atoms with Gasteiger partial charge in [-0.2, -0.15) is 0 Å². The average Bonchev–Trinajstić information content (AvgIpc) is 3.53. The first-order valence-corrected chi connectivity index (χ1v) is 14.9. The highest BCUT2D eigenvalue weighted by Crippen LogP contribution is 2.30. The van der Waals surface area contributed by atoms with E-state index in [0.29, 0.717) is 30.4 Å². The number of benzene rings is 1. The molecule has 0 radical (unpaired) electrons. The molecule has 1 unspecified atom stereocenters. The van der Waals surface area contributed by atoms with Crippen LogP contribution in [0.3, 0.4) is 0 Å². The lowest BCUT2D eigenvalue weighted by molar-refractivity contribution is -0.140. The van der Waals surface area contributed by atoms with Crippen LogP contribution in [0, 0.1) is 18.8 Å². The minimum absolute atomic E-state index is 0.0741. The second kappa shape index (κ2) is 12.5. The normalized spacial score (nSPS) is 22.8. The monoisotopic (exact) mass is 560 g/mol. The third kappa shape index (κ3) is 7.88. The van der Waals surface area contributed by atoms with Gasteiger partial charge in [0.05, 0.1) is 0 Å². The van der Waals surface area contributed by atoms with E-state index in [9.17, 15) is 14.4 Å². The fraction of sp³-hybridized carbons (Fsp3) is 0.700. The molecule has 0 bridgehead atoms. The van der Waals surface area contributed by atoms with Crippen molar-refractivity contribution in [2.45, 2.75) is 91.3 Å². The van der Waals surface area contributed by atoms with Crippen LogP contribution in [-0.2, 0) is 20.9 Å². The number of hydrogen-bond acceptors (Lipinski definition) is 5. The van der Waals surface area contributed by atoms with E-state index in [1.165, 1.54) is 12.8 Å². The third-order valence-corrected chi connectivity index (χ3v) is 8.48. The molecule has 2 saturated heterocycles. The molecule has 0 aromatic heterocycles. The summed E-state index contributed by atoms with van der Waals surface area (Å²) in [5.74, 6) is 0.571. The maximum absolute atomic E-state index is 13.0. The van der Waals surface area contributed by atoms with Gasteiger partial charge in [0.1, 0.15) is 5.60 Å². The van der Waals surface area contributed by atoms with E-state index in [4.69, 9.17) is 16.3 Å². The molecule has 2 aliphatic heterocycles. The van der Waals surface area contributed by atoms with Crippen molar-refractivity contribution in [3.63, 3.8) is 0 Å². The topological polar surface area (TPSA) is 82.2 Å². The van der Waals surface area contributed by atoms with Gasteiger partial charge in [-0.1, -0.05) is 24.4 Å². The van der Waals surface area contributed by atoms with Gasteiger partial charge in [-0.15, -0.1) is 0 Å². The predicted molar refractivity (Wildman–Crippen MR) is 154 cm³/mol. The van der Waals surface area contributed by atoms with Gasteiger partial charge in [0.25, 0.3) is 0 Å². The summed E-state index contributed by atoms with van der Waals surface area (Å²) in [6.45, 7) is 14.0. The molecule has 9 heteroatoms. The van der Waals surface area contributed by atoms with Crippen molar-refractivity contribution in [2.75, 3.05) is 38.0 Å². The smallest absolute Gasteiger partial charge is 0.410 e. The van der Waals surface area contributed by atoms with Gasteiger partial charge in [-0.3, -0.25) is 14.5 Å². The molecule has 2 heterocycles. The molecule has 3 fully saturated rings. The lowest BCUT2D eigenvalue weighted by Crippen LogP contribution is -2.54. The van der Waals surface area contributed by atoms with Crippen LogP contribution in [0.25, 0.3) is 0 Å². The maximum atomic E-state index is 13.0. The van der Waals surface area contributed by atoms with E-state index in [1.54, 1.807) is 11.0 Å². The van der Waals surface area contributed by atoms with Crippen molar-refractivity contribution in [3.05, 3.63) is 28.3 Å². The van der Waals surface area contributed by atoms with Crippen LogP contribution in [-0.4, -0.2) is 77.0 Å². The van der Waals surface area contributed by atoms with E-state index < -0.39 is 5.60 Å². The highest BCUT2D eigenvalue weighted by atomic mass is 35.5. The Hall–Kier alpha value is -2.32. The SMILES string of the molecule is Cc1c(CN2CCN(C(=O)C3CCCC3)[C@@H](C)C2)cc(Cl)cc1NC(=O)CC1CCN(C(=O)OC(C)(C)C)C1.